The number of amides is 2. The topological polar surface area (TPSA) is 40.6 Å². The number of nitrogens with zero attached hydrogens (tertiary/aromatic N) is 2. The van der Waals surface area contributed by atoms with Gasteiger partial charge in [-0.25, -0.2) is 0 Å². The van der Waals surface area contributed by atoms with Crippen molar-refractivity contribution in [2.75, 3.05) is 26.2 Å². The molecule has 1 aromatic rings. The summed E-state index contributed by atoms with van der Waals surface area (Å²) in [6.07, 6.45) is 4.82. The largest absolute Gasteiger partial charge is 0.339 e. The van der Waals surface area contributed by atoms with Crippen molar-refractivity contribution >= 4 is 11.8 Å². The molecular weight excluding hydrogens is 300 g/mol. The molecule has 0 unspecified atom stereocenters. The molecule has 3 rings (SSSR count). The molecule has 24 heavy (non-hydrogen) atoms. The predicted octanol–water partition coefficient (Wildman–Crippen LogP) is 3.04. The van der Waals surface area contributed by atoms with Crippen LogP contribution in [0.4, 0.5) is 0 Å². The van der Waals surface area contributed by atoms with Crippen molar-refractivity contribution in [1.82, 2.24) is 9.80 Å². The molecule has 1 saturated heterocycles. The Labute approximate surface area is 144 Å². The molecule has 2 amide bonds. The smallest absolute Gasteiger partial charge is 0.225 e. The van der Waals surface area contributed by atoms with E-state index < -0.39 is 0 Å². The summed E-state index contributed by atoms with van der Waals surface area (Å²) >= 11 is 0. The van der Waals surface area contributed by atoms with E-state index in [4.69, 9.17) is 0 Å². The third-order valence-electron chi connectivity index (χ3n) is 5.58. The zero-order valence-electron chi connectivity index (χ0n) is 14.6. The number of carbonyl (C=O) groups excluding carboxylic acids is 2. The number of carbonyl (C=O) groups is 2. The summed E-state index contributed by atoms with van der Waals surface area (Å²) < 4.78 is 0. The summed E-state index contributed by atoms with van der Waals surface area (Å²) in [5.74, 6) is 1.08. The van der Waals surface area contributed by atoms with E-state index in [1.165, 1.54) is 12.0 Å². The van der Waals surface area contributed by atoms with Crippen molar-refractivity contribution < 1.29 is 9.59 Å². The van der Waals surface area contributed by atoms with Gasteiger partial charge in [0.1, 0.15) is 0 Å². The summed E-state index contributed by atoms with van der Waals surface area (Å²) in [5.41, 5.74) is 1.24. The summed E-state index contributed by atoms with van der Waals surface area (Å²) in [6.45, 7) is 4.90. The molecule has 4 heteroatoms. The van der Waals surface area contributed by atoms with Gasteiger partial charge in [-0.1, -0.05) is 43.7 Å². The van der Waals surface area contributed by atoms with Gasteiger partial charge < -0.3 is 9.80 Å². The number of piperazine rings is 1. The first kappa shape index (κ1) is 17.0. The minimum atomic E-state index is 0.224. The minimum absolute atomic E-state index is 0.224. The van der Waals surface area contributed by atoms with E-state index in [-0.39, 0.29) is 17.7 Å². The zero-order valence-corrected chi connectivity index (χ0v) is 14.6. The molecule has 1 saturated carbocycles. The molecule has 130 valence electrons. The van der Waals surface area contributed by atoms with E-state index in [1.54, 1.807) is 0 Å². The second-order valence-electron chi connectivity index (χ2n) is 7.05. The number of hydrogen-bond donors (Lipinski definition) is 0. The lowest BCUT2D eigenvalue weighted by Gasteiger charge is -2.38. The van der Waals surface area contributed by atoms with Gasteiger partial charge in [-0.3, -0.25) is 9.59 Å². The maximum absolute atomic E-state index is 12.6. The van der Waals surface area contributed by atoms with Gasteiger partial charge in [-0.15, -0.1) is 0 Å². The molecule has 1 heterocycles. The van der Waals surface area contributed by atoms with Crippen molar-refractivity contribution in [2.45, 2.75) is 44.9 Å². The first-order valence-electron chi connectivity index (χ1n) is 9.30. The van der Waals surface area contributed by atoms with Gasteiger partial charge in [0, 0.05) is 38.5 Å². The van der Waals surface area contributed by atoms with Crippen LogP contribution in [-0.4, -0.2) is 47.8 Å². The third-order valence-corrected chi connectivity index (χ3v) is 5.58. The summed E-state index contributed by atoms with van der Waals surface area (Å²) in [4.78, 5) is 28.8. The van der Waals surface area contributed by atoms with Crippen LogP contribution in [0.5, 0.6) is 0 Å². The Morgan fingerprint density at radius 1 is 1.04 bits per heavy atom. The molecule has 1 aromatic carbocycles. The first-order valence-corrected chi connectivity index (χ1v) is 9.30. The van der Waals surface area contributed by atoms with Crippen LogP contribution in [0.3, 0.4) is 0 Å². The van der Waals surface area contributed by atoms with Crippen molar-refractivity contribution in [3.8, 4) is 0 Å². The predicted molar refractivity (Wildman–Crippen MR) is 94.6 cm³/mol. The molecule has 0 bridgehead atoms. The molecule has 1 atom stereocenters. The van der Waals surface area contributed by atoms with Crippen LogP contribution in [-0.2, 0) is 9.59 Å². The molecule has 0 aromatic heterocycles. The second kappa shape index (κ2) is 7.82. The highest BCUT2D eigenvalue weighted by Crippen LogP contribution is 2.29. The van der Waals surface area contributed by atoms with E-state index in [1.807, 2.05) is 28.0 Å². The average Bonchev–Trinajstić information content (AvgIpc) is 2.59. The minimum Gasteiger partial charge on any atom is -0.339 e. The van der Waals surface area contributed by atoms with Crippen molar-refractivity contribution in [3.05, 3.63) is 35.9 Å². The monoisotopic (exact) mass is 328 g/mol. The Kier molecular flexibility index (Phi) is 5.54. The number of benzene rings is 1. The van der Waals surface area contributed by atoms with Crippen LogP contribution < -0.4 is 0 Å². The van der Waals surface area contributed by atoms with Crippen LogP contribution in [0.1, 0.15) is 50.5 Å². The van der Waals surface area contributed by atoms with Crippen LogP contribution in [0, 0.1) is 5.92 Å². The standard InChI is InChI=1S/C20H28N2O2/c1-2-16(17-7-4-3-5-8-17)15-19(23)21-11-13-22(14-12-21)20(24)18-9-6-10-18/h3-5,7-8,16,18H,2,6,9-15H2,1H3/t16-/m0/s1. The first-order chi connectivity index (χ1) is 11.7. The van der Waals surface area contributed by atoms with Gasteiger partial charge in [0.2, 0.25) is 11.8 Å². The fraction of sp³-hybridized carbons (Fsp3) is 0.600. The Hall–Kier alpha value is -1.84. The maximum Gasteiger partial charge on any atom is 0.225 e. The van der Waals surface area contributed by atoms with Crippen LogP contribution in [0.2, 0.25) is 0 Å². The molecule has 2 fully saturated rings. The molecule has 4 nitrogen and oxygen atoms in total. The van der Waals surface area contributed by atoms with Crippen LogP contribution in [0.25, 0.3) is 0 Å². The van der Waals surface area contributed by atoms with E-state index in [9.17, 15) is 9.59 Å². The lowest BCUT2D eigenvalue weighted by molar-refractivity contribution is -0.144. The molecule has 2 aliphatic rings. The maximum atomic E-state index is 12.6. The van der Waals surface area contributed by atoms with Crippen LogP contribution in [0.15, 0.2) is 30.3 Å². The van der Waals surface area contributed by atoms with Gasteiger partial charge in [0.15, 0.2) is 0 Å². The van der Waals surface area contributed by atoms with Gasteiger partial charge in [0.05, 0.1) is 0 Å². The van der Waals surface area contributed by atoms with Crippen molar-refractivity contribution in [1.29, 1.82) is 0 Å². The van der Waals surface area contributed by atoms with E-state index in [0.29, 0.717) is 38.5 Å². The van der Waals surface area contributed by atoms with Gasteiger partial charge in [-0.05, 0) is 30.7 Å². The molecule has 0 spiro atoms. The fourth-order valence-corrected chi connectivity index (χ4v) is 3.65. The summed E-state index contributed by atoms with van der Waals surface area (Å²) in [6, 6.07) is 10.3. The fourth-order valence-electron chi connectivity index (χ4n) is 3.65. The highest BCUT2D eigenvalue weighted by molar-refractivity contribution is 5.81. The summed E-state index contributed by atoms with van der Waals surface area (Å²) in [7, 11) is 0. The van der Waals surface area contributed by atoms with Gasteiger partial charge in [-0.2, -0.15) is 0 Å². The lowest BCUT2D eigenvalue weighted by atomic mass is 9.84. The van der Waals surface area contributed by atoms with E-state index in [2.05, 4.69) is 19.1 Å². The third kappa shape index (κ3) is 3.80. The summed E-state index contributed by atoms with van der Waals surface area (Å²) in [5, 5.41) is 0. The Bertz CT molecular complexity index is 560. The molecule has 1 aliphatic carbocycles. The Morgan fingerprint density at radius 3 is 2.21 bits per heavy atom. The lowest BCUT2D eigenvalue weighted by Crippen LogP contribution is -2.52. The van der Waals surface area contributed by atoms with E-state index >= 15 is 0 Å². The van der Waals surface area contributed by atoms with Gasteiger partial charge >= 0.3 is 0 Å². The number of rotatable bonds is 5. The Balaban J connectivity index is 1.50. The molecule has 0 N–H and O–H groups in total. The molecule has 1 aliphatic heterocycles. The highest BCUT2D eigenvalue weighted by atomic mass is 16.2. The highest BCUT2D eigenvalue weighted by Gasteiger charge is 2.32. The van der Waals surface area contributed by atoms with Crippen molar-refractivity contribution in [3.63, 3.8) is 0 Å². The van der Waals surface area contributed by atoms with Crippen LogP contribution >= 0.6 is 0 Å². The number of hydrogen-bond acceptors (Lipinski definition) is 2. The Morgan fingerprint density at radius 2 is 1.67 bits per heavy atom. The van der Waals surface area contributed by atoms with Gasteiger partial charge in [0.25, 0.3) is 0 Å². The molecular formula is C20H28N2O2. The SMILES string of the molecule is CC[C@@H](CC(=O)N1CCN(C(=O)C2CCC2)CC1)c1ccccc1. The molecule has 0 radical (unpaired) electrons. The zero-order chi connectivity index (χ0) is 16.9. The van der Waals surface area contributed by atoms with Crippen molar-refractivity contribution in [2.24, 2.45) is 5.92 Å². The second-order valence-corrected chi connectivity index (χ2v) is 7.05. The quantitative estimate of drug-likeness (QED) is 0.833. The van der Waals surface area contributed by atoms with E-state index in [0.717, 1.165) is 19.3 Å². The normalized spacial score (nSPS) is 19.7. The average molecular weight is 328 g/mol.